The first-order valence-electron chi connectivity index (χ1n) is 9.05. The van der Waals surface area contributed by atoms with Crippen molar-refractivity contribution in [2.24, 2.45) is 0 Å². The normalized spacial score (nSPS) is 22.8. The number of methoxy groups -OCH3 is 3. The number of carbonyl (C=O) groups is 3. The topological polar surface area (TPSA) is 103 Å². The van der Waals surface area contributed by atoms with Gasteiger partial charge in [-0.15, -0.1) is 11.8 Å². The van der Waals surface area contributed by atoms with Crippen molar-refractivity contribution >= 4 is 35.2 Å². The molecule has 2 saturated heterocycles. The Balaban J connectivity index is 1.60. The number of nitrogens with zero attached hydrogens (tertiary/aromatic N) is 1. The van der Waals surface area contributed by atoms with Crippen LogP contribution in [0.5, 0.6) is 17.2 Å². The molecular weight excluding hydrogens is 400 g/mol. The Bertz CT molecular complexity index is 806. The molecule has 1 aromatic rings. The highest BCUT2D eigenvalue weighted by atomic mass is 32.2. The van der Waals surface area contributed by atoms with E-state index in [-0.39, 0.29) is 10.8 Å². The third kappa shape index (κ3) is 4.07. The molecule has 2 aliphatic heterocycles. The van der Waals surface area contributed by atoms with Gasteiger partial charge in [-0.2, -0.15) is 0 Å². The van der Waals surface area contributed by atoms with Gasteiger partial charge in [0.05, 0.1) is 26.2 Å². The molecule has 2 atom stereocenters. The molecule has 0 unspecified atom stereocenters. The predicted octanol–water partition coefficient (Wildman–Crippen LogP) is 1.65. The molecule has 2 heterocycles. The van der Waals surface area contributed by atoms with Crippen molar-refractivity contribution in [3.05, 3.63) is 12.1 Å². The summed E-state index contributed by atoms with van der Waals surface area (Å²) in [5.74, 6) is 0.487. The molecule has 1 aromatic carbocycles. The quantitative estimate of drug-likeness (QED) is 0.659. The average molecular weight is 424 g/mol. The lowest BCUT2D eigenvalue weighted by atomic mass is 10.2. The summed E-state index contributed by atoms with van der Waals surface area (Å²) >= 11 is 1.57. The van der Waals surface area contributed by atoms with Crippen molar-refractivity contribution in [1.82, 2.24) is 4.90 Å². The highest BCUT2D eigenvalue weighted by Gasteiger charge is 2.53. The molecule has 2 aliphatic rings. The van der Waals surface area contributed by atoms with E-state index in [0.717, 1.165) is 0 Å². The summed E-state index contributed by atoms with van der Waals surface area (Å²) in [6.45, 7) is 1.49. The van der Waals surface area contributed by atoms with Crippen molar-refractivity contribution in [2.75, 3.05) is 39.0 Å². The fourth-order valence-corrected chi connectivity index (χ4v) is 4.99. The van der Waals surface area contributed by atoms with Crippen LogP contribution < -0.4 is 19.5 Å². The number of anilines is 1. The van der Waals surface area contributed by atoms with Gasteiger partial charge in [-0.1, -0.05) is 0 Å². The molecule has 0 spiro atoms. The van der Waals surface area contributed by atoms with E-state index in [1.54, 1.807) is 28.8 Å². The van der Waals surface area contributed by atoms with Crippen molar-refractivity contribution in [3.63, 3.8) is 0 Å². The van der Waals surface area contributed by atoms with E-state index in [2.05, 4.69) is 5.32 Å². The zero-order chi connectivity index (χ0) is 21.2. The molecular formula is C19H24N2O7S. The Morgan fingerprint density at radius 3 is 2.45 bits per heavy atom. The first-order valence-corrected chi connectivity index (χ1v) is 10.0. The number of esters is 1. The lowest BCUT2D eigenvalue weighted by Crippen LogP contribution is -2.47. The summed E-state index contributed by atoms with van der Waals surface area (Å²) in [6.07, 6.45) is 1.14. The van der Waals surface area contributed by atoms with E-state index >= 15 is 0 Å². The van der Waals surface area contributed by atoms with Gasteiger partial charge < -0.3 is 29.2 Å². The number of nitrogens with one attached hydrogen (secondary N) is 1. The average Bonchev–Trinajstić information content (AvgIpc) is 3.21. The lowest BCUT2D eigenvalue weighted by molar-refractivity contribution is -0.155. The van der Waals surface area contributed by atoms with Crippen LogP contribution in [0.2, 0.25) is 0 Å². The van der Waals surface area contributed by atoms with Crippen LogP contribution in [-0.4, -0.2) is 67.3 Å². The predicted molar refractivity (Wildman–Crippen MR) is 106 cm³/mol. The summed E-state index contributed by atoms with van der Waals surface area (Å²) in [7, 11) is 4.42. The molecule has 3 rings (SSSR count). The highest BCUT2D eigenvalue weighted by Crippen LogP contribution is 2.47. The van der Waals surface area contributed by atoms with Crippen molar-refractivity contribution in [3.8, 4) is 17.2 Å². The van der Waals surface area contributed by atoms with Crippen LogP contribution in [0.25, 0.3) is 0 Å². The Kier molecular flexibility index (Phi) is 6.11. The van der Waals surface area contributed by atoms with Gasteiger partial charge in [-0.25, -0.2) is 4.79 Å². The Morgan fingerprint density at radius 2 is 1.86 bits per heavy atom. The van der Waals surface area contributed by atoms with Gasteiger partial charge in [0, 0.05) is 30.0 Å². The largest absolute Gasteiger partial charge is 0.493 e. The molecule has 2 amide bonds. The number of benzene rings is 1. The number of thioether (sulfide) groups is 1. The smallest absolute Gasteiger partial charge is 0.330 e. The van der Waals surface area contributed by atoms with Crippen molar-refractivity contribution in [2.45, 2.75) is 30.7 Å². The third-order valence-corrected chi connectivity index (χ3v) is 6.52. The number of ether oxygens (including phenoxy) is 4. The van der Waals surface area contributed by atoms with Gasteiger partial charge in [0.25, 0.3) is 5.91 Å². The molecule has 29 heavy (non-hydrogen) atoms. The Hall–Kier alpha value is -2.62. The number of amides is 2. The molecule has 0 bridgehead atoms. The summed E-state index contributed by atoms with van der Waals surface area (Å²) in [5.41, 5.74) is 0.402. The molecule has 9 nitrogen and oxygen atoms in total. The summed E-state index contributed by atoms with van der Waals surface area (Å²) in [6, 6.07) is 2.49. The molecule has 158 valence electrons. The van der Waals surface area contributed by atoms with Gasteiger partial charge in [0.15, 0.2) is 18.1 Å². The van der Waals surface area contributed by atoms with E-state index in [4.69, 9.17) is 18.9 Å². The molecule has 10 heteroatoms. The minimum Gasteiger partial charge on any atom is -0.493 e. The lowest BCUT2D eigenvalue weighted by Gasteiger charge is -2.29. The number of carbonyl (C=O) groups excluding carboxylic acids is 3. The second-order valence-corrected chi connectivity index (χ2v) is 8.34. The fourth-order valence-electron chi connectivity index (χ4n) is 3.58. The summed E-state index contributed by atoms with van der Waals surface area (Å²) in [5, 5.41) is 2.63. The van der Waals surface area contributed by atoms with Gasteiger partial charge in [0.1, 0.15) is 6.04 Å². The van der Waals surface area contributed by atoms with Crippen molar-refractivity contribution < 1.29 is 33.3 Å². The highest BCUT2D eigenvalue weighted by molar-refractivity contribution is 8.01. The maximum absolute atomic E-state index is 12.5. The minimum absolute atomic E-state index is 0.0543. The summed E-state index contributed by atoms with van der Waals surface area (Å²) in [4.78, 5) is 38.1. The zero-order valence-corrected chi connectivity index (χ0v) is 17.6. The maximum atomic E-state index is 12.5. The number of rotatable bonds is 7. The molecule has 0 aromatic heterocycles. The van der Waals surface area contributed by atoms with E-state index in [1.165, 1.54) is 21.3 Å². The first-order chi connectivity index (χ1) is 13.8. The van der Waals surface area contributed by atoms with Crippen LogP contribution >= 0.6 is 11.8 Å². The molecule has 0 radical (unpaired) electrons. The van der Waals surface area contributed by atoms with Gasteiger partial charge >= 0.3 is 5.97 Å². The zero-order valence-electron chi connectivity index (χ0n) is 16.8. The standard InChI is InChI=1S/C19H24N2O7S/c1-19-6-5-16(23)21(19)12(10-29-19)18(24)28-9-15(22)20-11-7-13(25-2)17(27-4)14(8-11)26-3/h7-8,12H,5-6,9-10H2,1-4H3,(H,20,22)/t12-,19+/m1/s1. The molecule has 0 saturated carbocycles. The van der Waals surface area contributed by atoms with Crippen LogP contribution in [-0.2, 0) is 19.1 Å². The monoisotopic (exact) mass is 424 g/mol. The fraction of sp³-hybridized carbons (Fsp3) is 0.526. The van der Waals surface area contributed by atoms with Crippen LogP contribution in [0.1, 0.15) is 19.8 Å². The van der Waals surface area contributed by atoms with Crippen molar-refractivity contribution in [1.29, 1.82) is 0 Å². The van der Waals surface area contributed by atoms with E-state index < -0.39 is 24.5 Å². The number of hydrogen-bond donors (Lipinski definition) is 1. The SMILES string of the molecule is COc1cc(NC(=O)COC(=O)[C@H]2CS[C@@]3(C)CCC(=O)N23)cc(OC)c1OC. The molecule has 1 N–H and O–H groups in total. The third-order valence-electron chi connectivity index (χ3n) is 5.01. The van der Waals surface area contributed by atoms with E-state index in [1.807, 2.05) is 6.92 Å². The maximum Gasteiger partial charge on any atom is 0.330 e. The van der Waals surface area contributed by atoms with Crippen LogP contribution in [0, 0.1) is 0 Å². The first kappa shape index (κ1) is 21.1. The van der Waals surface area contributed by atoms with Gasteiger partial charge in [0.2, 0.25) is 11.7 Å². The Morgan fingerprint density at radius 1 is 1.21 bits per heavy atom. The van der Waals surface area contributed by atoms with Gasteiger partial charge in [-0.3, -0.25) is 9.59 Å². The second-order valence-electron chi connectivity index (χ2n) is 6.84. The van der Waals surface area contributed by atoms with E-state index in [0.29, 0.717) is 41.5 Å². The van der Waals surface area contributed by atoms with Crippen LogP contribution in [0.15, 0.2) is 12.1 Å². The Labute approximate surface area is 173 Å². The molecule has 2 fully saturated rings. The van der Waals surface area contributed by atoms with Crippen LogP contribution in [0.3, 0.4) is 0 Å². The number of hydrogen-bond acceptors (Lipinski definition) is 8. The van der Waals surface area contributed by atoms with Crippen LogP contribution in [0.4, 0.5) is 5.69 Å². The van der Waals surface area contributed by atoms with E-state index in [9.17, 15) is 14.4 Å². The summed E-state index contributed by atoms with van der Waals surface area (Å²) < 4.78 is 20.9. The molecule has 0 aliphatic carbocycles. The second kappa shape index (κ2) is 8.40. The number of fused-ring (bicyclic) bond motifs is 1. The van der Waals surface area contributed by atoms with Gasteiger partial charge in [-0.05, 0) is 13.3 Å². The minimum atomic E-state index is -0.658.